The second-order valence-corrected chi connectivity index (χ2v) is 4.16. The van der Waals surface area contributed by atoms with Crippen LogP contribution in [0.25, 0.3) is 0 Å². The first-order chi connectivity index (χ1) is 4.63. The molecule has 0 aliphatic heterocycles. The van der Waals surface area contributed by atoms with Gasteiger partial charge in [-0.3, -0.25) is 4.21 Å². The van der Waals surface area contributed by atoms with Crippen molar-refractivity contribution in [2.75, 3.05) is 12.5 Å². The van der Waals surface area contributed by atoms with Crippen LogP contribution < -0.4 is 0 Å². The molecule has 0 amide bonds. The van der Waals surface area contributed by atoms with Gasteiger partial charge in [0.05, 0.1) is 0 Å². The summed E-state index contributed by atoms with van der Waals surface area (Å²) in [5.74, 6) is 0. The van der Waals surface area contributed by atoms with E-state index < -0.39 is 10.8 Å². The minimum absolute atomic E-state index is 0.611. The first kappa shape index (κ1) is 10.1. The summed E-state index contributed by atoms with van der Waals surface area (Å²) in [5.41, 5.74) is 0. The zero-order valence-electron chi connectivity index (χ0n) is 6.11. The Hall–Kier alpha value is 0.149. The Balaban J connectivity index is 0.000000180. The molecule has 0 spiro atoms. The van der Waals surface area contributed by atoms with E-state index >= 15 is 0 Å². The molecule has 0 atom stereocenters. The van der Waals surface area contributed by atoms with Crippen LogP contribution in [-0.2, 0) is 26.8 Å². The van der Waals surface area contributed by atoms with Crippen molar-refractivity contribution in [3.63, 3.8) is 0 Å². The van der Waals surface area contributed by atoms with E-state index in [1.807, 2.05) is 12.2 Å². The zero-order valence-corrected chi connectivity index (χ0v) is 8.03. The summed E-state index contributed by atoms with van der Waals surface area (Å²) >= 11 is 3.74. The summed E-state index contributed by atoms with van der Waals surface area (Å²) in [7, 11) is -0.611. The second kappa shape index (κ2) is 5.90. The monoisotopic (exact) mass is 199 g/mol. The molecule has 0 aromatic heterocycles. The molecular formula is C7H11FeOS. The van der Waals surface area contributed by atoms with Gasteiger partial charge in [-0.1, -0.05) is 0 Å². The molecule has 1 aliphatic carbocycles. The first-order valence-electron chi connectivity index (χ1n) is 2.88. The van der Waals surface area contributed by atoms with Crippen LogP contribution in [-0.4, -0.2) is 16.7 Å². The Morgan fingerprint density at radius 3 is 2.20 bits per heavy atom. The summed E-state index contributed by atoms with van der Waals surface area (Å²) in [6, 6.07) is 0. The molecule has 1 aliphatic rings. The van der Waals surface area contributed by atoms with Gasteiger partial charge < -0.3 is 0 Å². The molecule has 1 nitrogen and oxygen atoms in total. The predicted octanol–water partition coefficient (Wildman–Crippen LogP) is 1.37. The summed E-state index contributed by atoms with van der Waals surface area (Å²) in [6.07, 6.45) is 10.5. The molecule has 0 fully saturated rings. The average molecular weight is 199 g/mol. The Morgan fingerprint density at radius 1 is 1.60 bits per heavy atom. The topological polar surface area (TPSA) is 17.1 Å². The molecule has 0 radical (unpaired) electrons. The Morgan fingerprint density at radius 2 is 2.10 bits per heavy atom. The van der Waals surface area contributed by atoms with Crippen molar-refractivity contribution in [2.45, 2.75) is 6.42 Å². The number of hydrogen-bond acceptors (Lipinski definition) is 1. The first-order valence-corrected chi connectivity index (χ1v) is 5.40. The van der Waals surface area contributed by atoms with Crippen LogP contribution in [0.3, 0.4) is 0 Å². The molecule has 1 rings (SSSR count). The molecule has 0 bridgehead atoms. The van der Waals surface area contributed by atoms with Crippen molar-refractivity contribution in [1.82, 2.24) is 0 Å². The van der Waals surface area contributed by atoms with Crippen molar-refractivity contribution in [2.24, 2.45) is 0 Å². The number of rotatable bonds is 0. The molecule has 59 valence electrons. The van der Waals surface area contributed by atoms with Crippen LogP contribution in [0.15, 0.2) is 22.7 Å². The average Bonchev–Trinajstić information content (AvgIpc) is 2.15. The third-order valence-corrected chi connectivity index (χ3v) is 1.13. The summed E-state index contributed by atoms with van der Waals surface area (Å²) in [4.78, 5) is 0. The molecule has 0 heterocycles. The number of hydrogen-bond donors (Lipinski definition) is 0. The minimum atomic E-state index is -0.611. The van der Waals surface area contributed by atoms with E-state index in [-0.39, 0.29) is 0 Å². The van der Waals surface area contributed by atoms with Gasteiger partial charge in [-0.25, -0.2) is 0 Å². The van der Waals surface area contributed by atoms with Crippen LogP contribution in [0.2, 0.25) is 0 Å². The fourth-order valence-corrected chi connectivity index (χ4v) is 0.652. The van der Waals surface area contributed by atoms with Gasteiger partial charge >= 0.3 is 45.1 Å². The van der Waals surface area contributed by atoms with Gasteiger partial charge in [0, 0.05) is 23.3 Å². The summed E-state index contributed by atoms with van der Waals surface area (Å²) in [5, 5.41) is 0. The summed E-state index contributed by atoms with van der Waals surface area (Å²) < 4.78 is 10.8. The molecule has 0 saturated heterocycles. The van der Waals surface area contributed by atoms with E-state index in [9.17, 15) is 4.21 Å². The Bertz CT molecular complexity index is 168. The van der Waals surface area contributed by atoms with Gasteiger partial charge in [-0.05, 0) is 0 Å². The van der Waals surface area contributed by atoms with E-state index in [0.717, 1.165) is 6.42 Å². The zero-order chi connectivity index (χ0) is 7.98. The van der Waals surface area contributed by atoms with Crippen LogP contribution in [0.1, 0.15) is 6.42 Å². The van der Waals surface area contributed by atoms with Crippen molar-refractivity contribution in [3.8, 4) is 0 Å². The molecule has 0 aromatic carbocycles. The number of allylic oxidation sites excluding steroid dienone is 4. The quantitative estimate of drug-likeness (QED) is 0.538. The van der Waals surface area contributed by atoms with E-state index in [1.165, 1.54) is 4.47 Å². The molecule has 0 saturated carbocycles. The Labute approximate surface area is 72.9 Å². The predicted molar refractivity (Wildman–Crippen MR) is 41.8 cm³/mol. The van der Waals surface area contributed by atoms with Crippen LogP contribution >= 0.6 is 0 Å². The van der Waals surface area contributed by atoms with E-state index in [1.54, 1.807) is 12.5 Å². The van der Waals surface area contributed by atoms with Crippen LogP contribution in [0, 0.1) is 0 Å². The second-order valence-electron chi connectivity index (χ2n) is 1.97. The van der Waals surface area contributed by atoms with E-state index in [2.05, 4.69) is 22.1 Å². The molecule has 0 aromatic rings. The van der Waals surface area contributed by atoms with Gasteiger partial charge in [0.25, 0.3) is 0 Å². The van der Waals surface area contributed by atoms with Gasteiger partial charge in [-0.15, -0.1) is 0 Å². The fraction of sp³-hybridized carbons (Fsp3) is 0.429. The van der Waals surface area contributed by atoms with Crippen molar-refractivity contribution < 1.29 is 20.2 Å². The SMILES string of the molecule is CS(C)=O.[Fe][C]1=CC=CC1. The maximum absolute atomic E-state index is 9.56. The van der Waals surface area contributed by atoms with Crippen LogP contribution in [0.4, 0.5) is 0 Å². The standard InChI is InChI=1S/C5H5.C2H6OS.Fe/c1-2-4-5-3-1;1-4(2)3;/h1-3H,4H2;1-2H3;. The van der Waals surface area contributed by atoms with Crippen molar-refractivity contribution in [1.29, 1.82) is 0 Å². The van der Waals surface area contributed by atoms with Gasteiger partial charge in [-0.2, -0.15) is 0 Å². The third-order valence-electron chi connectivity index (χ3n) is 0.717. The van der Waals surface area contributed by atoms with E-state index in [4.69, 9.17) is 0 Å². The van der Waals surface area contributed by atoms with Crippen LogP contribution in [0.5, 0.6) is 0 Å². The van der Waals surface area contributed by atoms with Crippen molar-refractivity contribution >= 4 is 10.8 Å². The van der Waals surface area contributed by atoms with E-state index in [0.29, 0.717) is 0 Å². The Kier molecular flexibility index (Phi) is 5.99. The summed E-state index contributed by atoms with van der Waals surface area (Å²) in [6.45, 7) is 0. The molecule has 0 N–H and O–H groups in total. The fourth-order valence-electron chi connectivity index (χ4n) is 0.416. The van der Waals surface area contributed by atoms with Gasteiger partial charge in [0.15, 0.2) is 0 Å². The normalized spacial score (nSPS) is 14.6. The molecular weight excluding hydrogens is 188 g/mol. The van der Waals surface area contributed by atoms with Gasteiger partial charge in [0.2, 0.25) is 0 Å². The molecule has 0 unspecified atom stereocenters. The molecule has 10 heavy (non-hydrogen) atoms. The van der Waals surface area contributed by atoms with Crippen molar-refractivity contribution in [3.05, 3.63) is 22.7 Å². The third kappa shape index (κ3) is 8.15. The maximum atomic E-state index is 9.56. The van der Waals surface area contributed by atoms with Gasteiger partial charge in [0.1, 0.15) is 0 Å². The molecule has 3 heteroatoms.